The van der Waals surface area contributed by atoms with E-state index in [2.05, 4.69) is 10.6 Å². The highest BCUT2D eigenvalue weighted by Gasteiger charge is 2.18. The number of amides is 1. The summed E-state index contributed by atoms with van der Waals surface area (Å²) in [6.07, 6.45) is 0.900. The lowest BCUT2D eigenvalue weighted by Crippen LogP contribution is -2.39. The van der Waals surface area contributed by atoms with Gasteiger partial charge in [-0.25, -0.2) is 0 Å². The van der Waals surface area contributed by atoms with Gasteiger partial charge in [-0.3, -0.25) is 14.9 Å². The van der Waals surface area contributed by atoms with E-state index >= 15 is 0 Å². The fourth-order valence-electron chi connectivity index (χ4n) is 2.09. The number of nitro groups is 1. The molecule has 2 N–H and O–H groups in total. The predicted octanol–water partition coefficient (Wildman–Crippen LogP) is 0.882. The van der Waals surface area contributed by atoms with E-state index in [1.54, 1.807) is 0 Å². The van der Waals surface area contributed by atoms with Gasteiger partial charge in [0.05, 0.1) is 12.0 Å². The van der Waals surface area contributed by atoms with E-state index in [0.717, 1.165) is 19.5 Å². The number of hydrogen-bond acceptors (Lipinski definition) is 6. The fourth-order valence-corrected chi connectivity index (χ4v) is 2.09. The van der Waals surface area contributed by atoms with Gasteiger partial charge in [-0.1, -0.05) is 0 Å². The molecule has 2 rings (SSSR count). The first-order valence-electron chi connectivity index (χ1n) is 6.55. The van der Waals surface area contributed by atoms with Gasteiger partial charge in [-0.05, 0) is 19.0 Å². The van der Waals surface area contributed by atoms with Crippen molar-refractivity contribution >= 4 is 24.0 Å². The second-order valence-corrected chi connectivity index (χ2v) is 4.64. The Morgan fingerprint density at radius 2 is 2.32 bits per heavy atom. The highest BCUT2D eigenvalue weighted by molar-refractivity contribution is 5.85. The number of ether oxygens (including phenoxy) is 2. The molecule has 0 aliphatic carbocycles. The van der Waals surface area contributed by atoms with E-state index in [9.17, 15) is 14.9 Å². The van der Waals surface area contributed by atoms with Gasteiger partial charge >= 0.3 is 5.69 Å². The minimum absolute atomic E-state index is 0. The van der Waals surface area contributed by atoms with Gasteiger partial charge < -0.3 is 20.1 Å². The lowest BCUT2D eigenvalue weighted by Gasteiger charge is -2.12. The van der Waals surface area contributed by atoms with Crippen LogP contribution >= 0.6 is 12.4 Å². The molecule has 1 saturated heterocycles. The van der Waals surface area contributed by atoms with Crippen LogP contribution in [-0.4, -0.2) is 43.7 Å². The maximum absolute atomic E-state index is 11.7. The van der Waals surface area contributed by atoms with Crippen LogP contribution < -0.4 is 20.1 Å². The molecule has 0 aromatic heterocycles. The Balaban J connectivity index is 0.00000242. The summed E-state index contributed by atoms with van der Waals surface area (Å²) in [6, 6.07) is 4.24. The molecule has 1 atom stereocenters. The zero-order chi connectivity index (χ0) is 15.2. The third-order valence-corrected chi connectivity index (χ3v) is 3.14. The second kappa shape index (κ2) is 8.40. The maximum Gasteiger partial charge on any atom is 0.311 e. The highest BCUT2D eigenvalue weighted by Crippen LogP contribution is 2.30. The normalized spacial score (nSPS) is 16.5. The molecule has 0 radical (unpaired) electrons. The maximum atomic E-state index is 11.7. The number of rotatable bonds is 6. The Bertz CT molecular complexity index is 534. The molecule has 0 spiro atoms. The first-order valence-corrected chi connectivity index (χ1v) is 6.55. The summed E-state index contributed by atoms with van der Waals surface area (Å²) in [5, 5.41) is 16.8. The molecule has 1 heterocycles. The molecular formula is C13H18ClN3O5. The molecular weight excluding hydrogens is 314 g/mol. The van der Waals surface area contributed by atoms with Crippen molar-refractivity contribution in [2.45, 2.75) is 12.5 Å². The minimum atomic E-state index is -0.539. The van der Waals surface area contributed by atoms with Gasteiger partial charge in [0.15, 0.2) is 6.61 Å². The number of nitro benzene ring substituents is 1. The summed E-state index contributed by atoms with van der Waals surface area (Å²) >= 11 is 0. The van der Waals surface area contributed by atoms with Crippen LogP contribution in [0.4, 0.5) is 5.69 Å². The molecule has 9 heteroatoms. The molecule has 1 aromatic carbocycles. The molecule has 22 heavy (non-hydrogen) atoms. The van der Waals surface area contributed by atoms with Gasteiger partial charge in [0.25, 0.3) is 5.91 Å². The SMILES string of the molecule is COc1cc(OCC(=O)NC2CCNC2)ccc1[N+](=O)[O-].Cl. The van der Waals surface area contributed by atoms with Crippen LogP contribution in [0.3, 0.4) is 0 Å². The molecule has 1 fully saturated rings. The van der Waals surface area contributed by atoms with Crippen LogP contribution in [0.1, 0.15) is 6.42 Å². The number of nitrogens with zero attached hydrogens (tertiary/aromatic N) is 1. The standard InChI is InChI=1S/C13H17N3O5.ClH/c1-20-12-6-10(2-3-11(12)16(18)19)21-8-13(17)15-9-4-5-14-7-9;/h2-3,6,9,14H,4-5,7-8H2,1H3,(H,15,17);1H. The van der Waals surface area contributed by atoms with Crippen molar-refractivity contribution in [1.29, 1.82) is 0 Å². The van der Waals surface area contributed by atoms with Crippen LogP contribution in [0.5, 0.6) is 11.5 Å². The quantitative estimate of drug-likeness (QED) is 0.592. The number of benzene rings is 1. The van der Waals surface area contributed by atoms with E-state index in [0.29, 0.717) is 5.75 Å². The first-order chi connectivity index (χ1) is 10.1. The number of hydrogen-bond donors (Lipinski definition) is 2. The molecule has 1 aromatic rings. The van der Waals surface area contributed by atoms with Crippen molar-refractivity contribution in [3.8, 4) is 11.5 Å². The van der Waals surface area contributed by atoms with E-state index in [4.69, 9.17) is 9.47 Å². The molecule has 1 amide bonds. The van der Waals surface area contributed by atoms with Crippen LogP contribution in [0.15, 0.2) is 18.2 Å². The summed E-state index contributed by atoms with van der Waals surface area (Å²) in [5.74, 6) is 0.219. The number of halogens is 1. The lowest BCUT2D eigenvalue weighted by molar-refractivity contribution is -0.385. The van der Waals surface area contributed by atoms with Gasteiger partial charge in [0.1, 0.15) is 5.75 Å². The Labute approximate surface area is 133 Å². The van der Waals surface area contributed by atoms with Gasteiger partial charge in [0, 0.05) is 24.7 Å². The molecule has 122 valence electrons. The lowest BCUT2D eigenvalue weighted by atomic mass is 10.2. The van der Waals surface area contributed by atoms with Crippen LogP contribution in [-0.2, 0) is 4.79 Å². The summed E-state index contributed by atoms with van der Waals surface area (Å²) in [7, 11) is 1.34. The number of nitrogens with one attached hydrogen (secondary N) is 2. The minimum Gasteiger partial charge on any atom is -0.490 e. The number of methoxy groups -OCH3 is 1. The van der Waals surface area contributed by atoms with E-state index in [1.807, 2.05) is 0 Å². The number of carbonyl (C=O) groups is 1. The predicted molar refractivity (Wildman–Crippen MR) is 81.8 cm³/mol. The smallest absolute Gasteiger partial charge is 0.311 e. The fraction of sp³-hybridized carbons (Fsp3) is 0.462. The molecule has 0 saturated carbocycles. The summed E-state index contributed by atoms with van der Waals surface area (Å²) in [5.41, 5.74) is -0.147. The molecule has 0 bridgehead atoms. The third kappa shape index (κ3) is 4.74. The average molecular weight is 332 g/mol. The summed E-state index contributed by atoms with van der Waals surface area (Å²) in [4.78, 5) is 21.9. The zero-order valence-electron chi connectivity index (χ0n) is 12.0. The van der Waals surface area contributed by atoms with Gasteiger partial charge in [0.2, 0.25) is 5.75 Å². The van der Waals surface area contributed by atoms with Crippen molar-refractivity contribution in [3.05, 3.63) is 28.3 Å². The van der Waals surface area contributed by atoms with E-state index < -0.39 is 4.92 Å². The highest BCUT2D eigenvalue weighted by atomic mass is 35.5. The molecule has 1 aliphatic rings. The van der Waals surface area contributed by atoms with Crippen LogP contribution in [0, 0.1) is 10.1 Å². The largest absolute Gasteiger partial charge is 0.490 e. The Kier molecular flexibility index (Phi) is 6.87. The topological polar surface area (TPSA) is 103 Å². The summed E-state index contributed by atoms with van der Waals surface area (Å²) < 4.78 is 10.3. The van der Waals surface area contributed by atoms with Crippen molar-refractivity contribution < 1.29 is 19.2 Å². The van der Waals surface area contributed by atoms with Crippen LogP contribution in [0.2, 0.25) is 0 Å². The molecule has 8 nitrogen and oxygen atoms in total. The van der Waals surface area contributed by atoms with E-state index in [-0.39, 0.29) is 42.4 Å². The second-order valence-electron chi connectivity index (χ2n) is 4.64. The first kappa shape index (κ1) is 18.0. The van der Waals surface area contributed by atoms with Crippen molar-refractivity contribution in [2.24, 2.45) is 0 Å². The van der Waals surface area contributed by atoms with Gasteiger partial charge in [-0.2, -0.15) is 0 Å². The summed E-state index contributed by atoms with van der Waals surface area (Å²) in [6.45, 7) is 1.51. The Morgan fingerprint density at radius 1 is 1.55 bits per heavy atom. The van der Waals surface area contributed by atoms with Crippen LogP contribution in [0.25, 0.3) is 0 Å². The Hall–Kier alpha value is -2.06. The number of carbonyl (C=O) groups excluding carboxylic acids is 1. The molecule has 1 aliphatic heterocycles. The molecule has 1 unspecified atom stereocenters. The van der Waals surface area contributed by atoms with Crippen molar-refractivity contribution in [1.82, 2.24) is 10.6 Å². The average Bonchev–Trinajstić information content (AvgIpc) is 2.97. The van der Waals surface area contributed by atoms with Crippen molar-refractivity contribution in [2.75, 3.05) is 26.8 Å². The zero-order valence-corrected chi connectivity index (χ0v) is 12.9. The van der Waals surface area contributed by atoms with Crippen molar-refractivity contribution in [3.63, 3.8) is 0 Å². The monoisotopic (exact) mass is 331 g/mol. The third-order valence-electron chi connectivity index (χ3n) is 3.14. The van der Waals surface area contributed by atoms with Gasteiger partial charge in [-0.15, -0.1) is 12.4 Å². The Morgan fingerprint density at radius 3 is 2.91 bits per heavy atom. The van der Waals surface area contributed by atoms with E-state index in [1.165, 1.54) is 25.3 Å².